The van der Waals surface area contributed by atoms with Crippen LogP contribution in [-0.2, 0) is 11.3 Å². The Kier molecular flexibility index (Phi) is 2.54. The molecule has 0 unspecified atom stereocenters. The topological polar surface area (TPSA) is 48.1 Å². The Balaban J connectivity index is 2.28. The van der Waals surface area contributed by atoms with Crippen LogP contribution < -0.4 is 5.90 Å². The van der Waals surface area contributed by atoms with Gasteiger partial charge in [0, 0.05) is 6.42 Å². The molecule has 2 aromatic rings. The fourth-order valence-corrected chi connectivity index (χ4v) is 2.12. The van der Waals surface area contributed by atoms with E-state index < -0.39 is 0 Å². The number of fused-ring (bicyclic) bond motifs is 1. The van der Waals surface area contributed by atoms with Crippen LogP contribution in [0.5, 0.6) is 0 Å². The number of aromatic nitrogens is 1. The third-order valence-electron chi connectivity index (χ3n) is 1.77. The summed E-state index contributed by atoms with van der Waals surface area (Å²) in [6.45, 7) is 0.528. The first-order chi connectivity index (χ1) is 6.40. The minimum Gasteiger partial charge on any atom is -0.304 e. The molecule has 0 aliphatic carbocycles. The second-order valence-corrected chi connectivity index (χ2v) is 3.81. The van der Waals surface area contributed by atoms with Gasteiger partial charge in [-0.25, -0.2) is 10.9 Å². The smallest absolute Gasteiger partial charge is 0.0962 e. The van der Waals surface area contributed by atoms with Crippen molar-refractivity contribution in [2.24, 2.45) is 5.90 Å². The largest absolute Gasteiger partial charge is 0.304 e. The summed E-state index contributed by atoms with van der Waals surface area (Å²) >= 11 is 1.69. The summed E-state index contributed by atoms with van der Waals surface area (Å²) in [7, 11) is 0. The molecule has 0 radical (unpaired) electrons. The van der Waals surface area contributed by atoms with Crippen LogP contribution in [0.4, 0.5) is 0 Å². The number of benzene rings is 1. The Bertz CT molecular complexity index is 366. The second kappa shape index (κ2) is 3.83. The summed E-state index contributed by atoms with van der Waals surface area (Å²) in [6.07, 6.45) is 0.788. The van der Waals surface area contributed by atoms with Gasteiger partial charge in [0.05, 0.1) is 21.8 Å². The molecule has 0 aliphatic rings. The molecule has 0 atom stereocenters. The minimum absolute atomic E-state index is 0.528. The molecular formula is C9H10N2OS. The first-order valence-electron chi connectivity index (χ1n) is 4.06. The van der Waals surface area contributed by atoms with Gasteiger partial charge >= 0.3 is 0 Å². The average molecular weight is 194 g/mol. The lowest BCUT2D eigenvalue weighted by Crippen LogP contribution is -2.03. The molecule has 0 saturated heterocycles. The Morgan fingerprint density at radius 3 is 3.00 bits per heavy atom. The van der Waals surface area contributed by atoms with E-state index in [1.165, 1.54) is 4.70 Å². The van der Waals surface area contributed by atoms with Crippen LogP contribution in [0.3, 0.4) is 0 Å². The predicted octanol–water partition coefficient (Wildman–Crippen LogP) is 1.73. The van der Waals surface area contributed by atoms with Crippen LogP contribution in [0.1, 0.15) is 5.01 Å². The molecule has 4 heteroatoms. The summed E-state index contributed by atoms with van der Waals surface area (Å²) in [4.78, 5) is 8.94. The highest BCUT2D eigenvalue weighted by molar-refractivity contribution is 7.18. The van der Waals surface area contributed by atoms with Crippen molar-refractivity contribution in [1.82, 2.24) is 4.98 Å². The number of nitrogens with two attached hydrogens (primary N) is 1. The molecule has 0 bridgehead atoms. The summed E-state index contributed by atoms with van der Waals surface area (Å²) < 4.78 is 1.22. The van der Waals surface area contributed by atoms with Crippen molar-refractivity contribution < 1.29 is 4.84 Å². The van der Waals surface area contributed by atoms with E-state index in [4.69, 9.17) is 5.90 Å². The van der Waals surface area contributed by atoms with Crippen LogP contribution >= 0.6 is 11.3 Å². The van der Waals surface area contributed by atoms with Crippen molar-refractivity contribution in [3.8, 4) is 0 Å². The van der Waals surface area contributed by atoms with Gasteiger partial charge < -0.3 is 4.84 Å². The molecule has 0 aliphatic heterocycles. The van der Waals surface area contributed by atoms with Gasteiger partial charge in [-0.1, -0.05) is 12.1 Å². The Labute approximate surface area is 80.1 Å². The zero-order chi connectivity index (χ0) is 9.10. The molecule has 0 fully saturated rings. The highest BCUT2D eigenvalue weighted by atomic mass is 32.1. The number of hydrogen-bond acceptors (Lipinski definition) is 4. The normalized spacial score (nSPS) is 10.8. The summed E-state index contributed by atoms with van der Waals surface area (Å²) in [6, 6.07) is 8.09. The van der Waals surface area contributed by atoms with E-state index in [1.54, 1.807) is 11.3 Å². The van der Waals surface area contributed by atoms with E-state index in [1.807, 2.05) is 18.2 Å². The van der Waals surface area contributed by atoms with Gasteiger partial charge in [0.1, 0.15) is 0 Å². The molecule has 1 heterocycles. The van der Waals surface area contributed by atoms with Gasteiger partial charge in [-0.2, -0.15) is 0 Å². The highest BCUT2D eigenvalue weighted by Crippen LogP contribution is 2.21. The number of rotatable bonds is 3. The van der Waals surface area contributed by atoms with Gasteiger partial charge in [-0.15, -0.1) is 11.3 Å². The van der Waals surface area contributed by atoms with E-state index in [2.05, 4.69) is 15.9 Å². The number of para-hydroxylation sites is 1. The number of nitrogens with zero attached hydrogens (tertiary/aromatic N) is 1. The Morgan fingerprint density at radius 2 is 2.23 bits per heavy atom. The summed E-state index contributed by atoms with van der Waals surface area (Å²) in [5.41, 5.74) is 1.06. The van der Waals surface area contributed by atoms with Crippen LogP contribution in [0.15, 0.2) is 24.3 Å². The van der Waals surface area contributed by atoms with Gasteiger partial charge in [-0.3, -0.25) is 0 Å². The second-order valence-electron chi connectivity index (χ2n) is 2.70. The lowest BCUT2D eigenvalue weighted by atomic mass is 10.3. The van der Waals surface area contributed by atoms with Gasteiger partial charge in [-0.05, 0) is 12.1 Å². The molecule has 0 spiro atoms. The fourth-order valence-electron chi connectivity index (χ4n) is 1.17. The lowest BCUT2D eigenvalue weighted by Gasteiger charge is -1.91. The molecule has 1 aromatic carbocycles. The molecule has 2 N–H and O–H groups in total. The molecule has 68 valence electrons. The Hall–Kier alpha value is -0.970. The standard InChI is InChI=1S/C9H10N2OS/c10-12-6-5-9-11-7-3-1-2-4-8(7)13-9/h1-4H,5-6,10H2. The van der Waals surface area contributed by atoms with Crippen molar-refractivity contribution in [3.63, 3.8) is 0 Å². The summed E-state index contributed by atoms with van der Waals surface area (Å²) in [5, 5.41) is 1.08. The Morgan fingerprint density at radius 1 is 1.38 bits per heavy atom. The van der Waals surface area contributed by atoms with Crippen molar-refractivity contribution >= 4 is 21.6 Å². The van der Waals surface area contributed by atoms with Crippen molar-refractivity contribution in [3.05, 3.63) is 29.3 Å². The van der Waals surface area contributed by atoms with Crippen molar-refractivity contribution in [1.29, 1.82) is 0 Å². The van der Waals surface area contributed by atoms with E-state index >= 15 is 0 Å². The molecular weight excluding hydrogens is 184 g/mol. The van der Waals surface area contributed by atoms with Crippen molar-refractivity contribution in [2.45, 2.75) is 6.42 Å². The maximum Gasteiger partial charge on any atom is 0.0962 e. The SMILES string of the molecule is NOCCc1nc2ccccc2s1. The van der Waals surface area contributed by atoms with Crippen molar-refractivity contribution in [2.75, 3.05) is 6.61 Å². The van der Waals surface area contributed by atoms with Crippen LogP contribution in [-0.4, -0.2) is 11.6 Å². The quantitative estimate of drug-likeness (QED) is 0.757. The molecule has 0 amide bonds. The van der Waals surface area contributed by atoms with Crippen LogP contribution in [0.2, 0.25) is 0 Å². The summed E-state index contributed by atoms with van der Waals surface area (Å²) in [5.74, 6) is 4.95. The molecule has 2 rings (SSSR count). The fraction of sp³-hybridized carbons (Fsp3) is 0.222. The van der Waals surface area contributed by atoms with E-state index in [0.29, 0.717) is 6.61 Å². The number of thiazole rings is 1. The first-order valence-corrected chi connectivity index (χ1v) is 4.88. The third-order valence-corrected chi connectivity index (χ3v) is 2.87. The zero-order valence-electron chi connectivity index (χ0n) is 7.06. The molecule has 13 heavy (non-hydrogen) atoms. The maximum atomic E-state index is 4.95. The predicted molar refractivity (Wildman–Crippen MR) is 53.5 cm³/mol. The zero-order valence-corrected chi connectivity index (χ0v) is 7.88. The highest BCUT2D eigenvalue weighted by Gasteiger charge is 2.01. The van der Waals surface area contributed by atoms with Gasteiger partial charge in [0.15, 0.2) is 0 Å². The minimum atomic E-state index is 0.528. The van der Waals surface area contributed by atoms with E-state index in [9.17, 15) is 0 Å². The van der Waals surface area contributed by atoms with Crippen LogP contribution in [0, 0.1) is 0 Å². The third kappa shape index (κ3) is 1.85. The monoisotopic (exact) mass is 194 g/mol. The van der Waals surface area contributed by atoms with Gasteiger partial charge in [0.25, 0.3) is 0 Å². The first kappa shape index (κ1) is 8.62. The molecule has 0 saturated carbocycles. The molecule has 1 aromatic heterocycles. The molecule has 3 nitrogen and oxygen atoms in total. The van der Waals surface area contributed by atoms with E-state index in [0.717, 1.165) is 16.9 Å². The van der Waals surface area contributed by atoms with Gasteiger partial charge in [0.2, 0.25) is 0 Å². The lowest BCUT2D eigenvalue weighted by molar-refractivity contribution is 0.141. The number of hydrogen-bond donors (Lipinski definition) is 1. The average Bonchev–Trinajstić information content (AvgIpc) is 2.57. The maximum absolute atomic E-state index is 4.95. The van der Waals surface area contributed by atoms with E-state index in [-0.39, 0.29) is 0 Å². The van der Waals surface area contributed by atoms with Crippen LogP contribution in [0.25, 0.3) is 10.2 Å².